The molecule has 1 aromatic heterocycles. The highest BCUT2D eigenvalue weighted by molar-refractivity contribution is 7.00. The smallest absolute Gasteiger partial charge is 0.252 e. The highest BCUT2D eigenvalue weighted by Gasteiger charge is 2.44. The van der Waals surface area contributed by atoms with Gasteiger partial charge >= 0.3 is 0 Å². The molecule has 0 aliphatic carbocycles. The lowest BCUT2D eigenvalue weighted by molar-refractivity contribution is 0.670. The maximum Gasteiger partial charge on any atom is 0.252 e. The average molecular weight is 891 g/mol. The van der Waals surface area contributed by atoms with Gasteiger partial charge in [0, 0.05) is 61.3 Å². The van der Waals surface area contributed by atoms with E-state index in [2.05, 4.69) is 271 Å². The first-order chi connectivity index (χ1) is 34.8. The molecule has 70 heavy (non-hydrogen) atoms. The summed E-state index contributed by atoms with van der Waals surface area (Å²) in [6.07, 6.45) is 0. The average Bonchev–Trinajstić information content (AvgIpc) is 3.83. The van der Waals surface area contributed by atoms with Gasteiger partial charge in [-0.05, 0) is 74.5 Å². The minimum Gasteiger partial charge on any atom is -0.455 e. The molecule has 0 saturated heterocycles. The summed E-state index contributed by atoms with van der Waals surface area (Å²) >= 11 is 0. The van der Waals surface area contributed by atoms with Crippen LogP contribution in [0.15, 0.2) is 265 Å². The van der Waals surface area contributed by atoms with Gasteiger partial charge in [0.2, 0.25) is 0 Å². The van der Waals surface area contributed by atoms with Gasteiger partial charge in [0.25, 0.3) is 6.71 Å². The first kappa shape index (κ1) is 40.0. The standard InChI is InChI=1S/C66H43BN2O/c1-5-21-44(22-6-1)49-30-17-31-50(45-23-7-2-8-24-45)64(49)68-58-37-15-14-36-56(58)67-57-43-48(53-34-19-35-55-54-29-13-16-40-62(54)70-66(53)55)41-42-59(57)69(61-39-20-38-60(68)63(61)67)65-51(46-25-9-3-10-26-46)32-18-33-52(65)47-27-11-4-12-28-47/h1-43H. The van der Waals surface area contributed by atoms with E-state index in [1.54, 1.807) is 0 Å². The van der Waals surface area contributed by atoms with Gasteiger partial charge in [-0.3, -0.25) is 0 Å². The van der Waals surface area contributed by atoms with Crippen LogP contribution >= 0.6 is 0 Å². The lowest BCUT2D eigenvalue weighted by atomic mass is 9.33. The second-order valence-corrected chi connectivity index (χ2v) is 18.3. The predicted octanol–water partition coefficient (Wildman–Crippen LogP) is 16.0. The van der Waals surface area contributed by atoms with Crippen LogP contribution in [0.25, 0.3) is 77.6 Å². The second-order valence-electron chi connectivity index (χ2n) is 18.3. The van der Waals surface area contributed by atoms with Crippen LogP contribution < -0.4 is 26.2 Å². The van der Waals surface area contributed by atoms with Crippen LogP contribution in [0.2, 0.25) is 0 Å². The molecule has 14 rings (SSSR count). The number of hydrogen-bond donors (Lipinski definition) is 0. The number of rotatable bonds is 7. The summed E-state index contributed by atoms with van der Waals surface area (Å²) in [4.78, 5) is 5.15. The van der Waals surface area contributed by atoms with Crippen molar-refractivity contribution in [2.75, 3.05) is 9.80 Å². The molecule has 0 saturated carbocycles. The summed E-state index contributed by atoms with van der Waals surface area (Å²) in [5.74, 6) is 0. The van der Waals surface area contributed by atoms with E-state index >= 15 is 0 Å². The van der Waals surface area contributed by atoms with Crippen LogP contribution in [-0.4, -0.2) is 6.71 Å². The molecule has 0 bridgehead atoms. The summed E-state index contributed by atoms with van der Waals surface area (Å²) in [6, 6.07) is 95.2. The fourth-order valence-electron chi connectivity index (χ4n) is 11.5. The van der Waals surface area contributed by atoms with Crippen molar-refractivity contribution in [2.45, 2.75) is 0 Å². The Labute approximate surface area is 407 Å². The van der Waals surface area contributed by atoms with Crippen molar-refractivity contribution < 1.29 is 4.42 Å². The summed E-state index contributed by atoms with van der Waals surface area (Å²) in [6.45, 7) is -0.104. The van der Waals surface area contributed by atoms with Gasteiger partial charge in [-0.1, -0.05) is 231 Å². The zero-order chi connectivity index (χ0) is 46.1. The van der Waals surface area contributed by atoms with Crippen molar-refractivity contribution in [3.8, 4) is 55.6 Å². The van der Waals surface area contributed by atoms with Crippen LogP contribution in [0.1, 0.15) is 0 Å². The van der Waals surface area contributed by atoms with Gasteiger partial charge in [0.1, 0.15) is 11.2 Å². The fraction of sp³-hybridized carbons (Fsp3) is 0. The van der Waals surface area contributed by atoms with E-state index in [1.807, 2.05) is 0 Å². The van der Waals surface area contributed by atoms with Crippen molar-refractivity contribution in [3.63, 3.8) is 0 Å². The van der Waals surface area contributed by atoms with E-state index in [-0.39, 0.29) is 6.71 Å². The Morgan fingerprint density at radius 1 is 0.286 bits per heavy atom. The SMILES string of the molecule is c1ccc(-c2cccc(-c3ccccc3)c2N2c3ccccc3B3c4cc(-c5cccc6c5oc5ccccc56)ccc4N(c4c(-c5ccccc5)cccc4-c4ccccc4)c4cccc2c43)cc1. The Balaban J connectivity index is 1.10. The minimum absolute atomic E-state index is 0.104. The Morgan fingerprint density at radius 3 is 1.26 bits per heavy atom. The molecule has 2 aliphatic rings. The molecule has 0 amide bonds. The molecule has 326 valence electrons. The van der Waals surface area contributed by atoms with Crippen molar-refractivity contribution >= 4 is 79.2 Å². The van der Waals surface area contributed by atoms with Crippen molar-refractivity contribution in [2.24, 2.45) is 0 Å². The molecule has 0 fully saturated rings. The molecule has 3 nitrogen and oxygen atoms in total. The number of anilines is 6. The zero-order valence-corrected chi connectivity index (χ0v) is 38.2. The van der Waals surface area contributed by atoms with Crippen molar-refractivity contribution in [1.82, 2.24) is 0 Å². The van der Waals surface area contributed by atoms with Crippen molar-refractivity contribution in [1.29, 1.82) is 0 Å². The van der Waals surface area contributed by atoms with E-state index in [0.29, 0.717) is 0 Å². The van der Waals surface area contributed by atoms with Crippen LogP contribution in [0, 0.1) is 0 Å². The molecule has 0 spiro atoms. The van der Waals surface area contributed by atoms with Gasteiger partial charge < -0.3 is 14.2 Å². The van der Waals surface area contributed by atoms with Gasteiger partial charge in [-0.15, -0.1) is 0 Å². The monoisotopic (exact) mass is 890 g/mol. The maximum absolute atomic E-state index is 6.74. The molecular weight excluding hydrogens is 848 g/mol. The first-order valence-corrected chi connectivity index (χ1v) is 24.1. The third-order valence-corrected chi connectivity index (χ3v) is 14.5. The van der Waals surface area contributed by atoms with Crippen LogP contribution in [0.5, 0.6) is 0 Å². The second kappa shape index (κ2) is 16.3. The predicted molar refractivity (Wildman–Crippen MR) is 295 cm³/mol. The van der Waals surface area contributed by atoms with E-state index in [1.165, 1.54) is 38.6 Å². The third kappa shape index (κ3) is 6.24. The number of furan rings is 1. The summed E-state index contributed by atoms with van der Waals surface area (Å²) < 4.78 is 6.74. The molecule has 2 aliphatic heterocycles. The fourth-order valence-corrected chi connectivity index (χ4v) is 11.5. The molecule has 3 heterocycles. The van der Waals surface area contributed by atoms with Gasteiger partial charge in [0.05, 0.1) is 11.4 Å². The Kier molecular flexibility index (Phi) is 9.31. The molecule has 0 N–H and O–H groups in total. The molecule has 12 aromatic rings. The number of hydrogen-bond acceptors (Lipinski definition) is 3. The van der Waals surface area contributed by atoms with Crippen LogP contribution in [0.4, 0.5) is 34.1 Å². The zero-order valence-electron chi connectivity index (χ0n) is 38.2. The molecular formula is C66H43BN2O. The molecule has 0 radical (unpaired) electrons. The van der Waals surface area contributed by atoms with E-state index < -0.39 is 0 Å². The van der Waals surface area contributed by atoms with E-state index in [9.17, 15) is 0 Å². The first-order valence-electron chi connectivity index (χ1n) is 24.1. The quantitative estimate of drug-likeness (QED) is 0.149. The Hall–Kier alpha value is -9.12. The molecule has 0 unspecified atom stereocenters. The Bertz CT molecular complexity index is 3830. The Morgan fingerprint density at radius 2 is 0.700 bits per heavy atom. The lowest BCUT2D eigenvalue weighted by Gasteiger charge is -2.45. The van der Waals surface area contributed by atoms with Gasteiger partial charge in [-0.25, -0.2) is 0 Å². The highest BCUT2D eigenvalue weighted by Crippen LogP contribution is 2.52. The number of benzene rings is 11. The largest absolute Gasteiger partial charge is 0.455 e. The molecule has 11 aromatic carbocycles. The van der Waals surface area contributed by atoms with Gasteiger partial charge in [0.15, 0.2) is 0 Å². The highest BCUT2D eigenvalue weighted by atomic mass is 16.3. The number of nitrogens with zero attached hydrogens (tertiary/aromatic N) is 2. The van der Waals surface area contributed by atoms with Crippen LogP contribution in [0.3, 0.4) is 0 Å². The van der Waals surface area contributed by atoms with E-state index in [4.69, 9.17) is 4.42 Å². The summed E-state index contributed by atoms with van der Waals surface area (Å²) in [5.41, 5.74) is 24.0. The van der Waals surface area contributed by atoms with Crippen LogP contribution in [-0.2, 0) is 0 Å². The number of para-hydroxylation sites is 5. The third-order valence-electron chi connectivity index (χ3n) is 14.5. The molecule has 0 atom stereocenters. The maximum atomic E-state index is 6.74. The van der Waals surface area contributed by atoms with Crippen molar-refractivity contribution in [3.05, 3.63) is 261 Å². The normalized spacial score (nSPS) is 12.5. The van der Waals surface area contributed by atoms with E-state index in [0.717, 1.165) is 89.4 Å². The molecule has 4 heteroatoms. The summed E-state index contributed by atoms with van der Waals surface area (Å²) in [5, 5.41) is 2.24. The summed E-state index contributed by atoms with van der Waals surface area (Å²) in [7, 11) is 0. The topological polar surface area (TPSA) is 19.6 Å². The number of fused-ring (bicyclic) bond motifs is 7. The van der Waals surface area contributed by atoms with Gasteiger partial charge in [-0.2, -0.15) is 0 Å². The lowest BCUT2D eigenvalue weighted by Crippen LogP contribution is -2.61. The minimum atomic E-state index is -0.104.